The van der Waals surface area contributed by atoms with Crippen LogP contribution in [0.2, 0.25) is 5.02 Å². The molecule has 0 aliphatic rings. The minimum Gasteiger partial charge on any atom is -0.497 e. The summed E-state index contributed by atoms with van der Waals surface area (Å²) in [4.78, 5) is 17.5. The number of likely N-dealkylation sites (N-methyl/N-ethyl adjacent to an activating group) is 1. The molecule has 0 heterocycles. The van der Waals surface area contributed by atoms with E-state index in [1.165, 1.54) is 4.90 Å². The van der Waals surface area contributed by atoms with Crippen molar-refractivity contribution < 1.29 is 14.3 Å². The van der Waals surface area contributed by atoms with Crippen molar-refractivity contribution in [2.45, 2.75) is 6.42 Å². The highest BCUT2D eigenvalue weighted by Crippen LogP contribution is 2.22. The van der Waals surface area contributed by atoms with E-state index in [0.29, 0.717) is 30.7 Å². The van der Waals surface area contributed by atoms with Crippen molar-refractivity contribution in [2.24, 2.45) is 4.99 Å². The van der Waals surface area contributed by atoms with E-state index in [9.17, 15) is 4.79 Å². The summed E-state index contributed by atoms with van der Waals surface area (Å²) in [6, 6.07) is 5.61. The number of hydrogen-bond acceptors (Lipinski definition) is 4. The predicted octanol–water partition coefficient (Wildman–Crippen LogP) is 1.16. The maximum Gasteiger partial charge on any atom is 0.243 e. The van der Waals surface area contributed by atoms with Crippen LogP contribution in [0.4, 0.5) is 0 Å². The number of guanidine groups is 1. The molecule has 0 saturated carbocycles. The van der Waals surface area contributed by atoms with Gasteiger partial charge in [-0.2, -0.15) is 0 Å². The predicted molar refractivity (Wildman–Crippen MR) is 101 cm³/mol. The van der Waals surface area contributed by atoms with E-state index in [2.05, 4.69) is 15.6 Å². The van der Waals surface area contributed by atoms with E-state index in [4.69, 9.17) is 21.1 Å². The van der Waals surface area contributed by atoms with E-state index < -0.39 is 0 Å². The second-order valence-corrected chi connectivity index (χ2v) is 5.91. The Morgan fingerprint density at radius 2 is 1.96 bits per heavy atom. The molecule has 0 spiro atoms. The smallest absolute Gasteiger partial charge is 0.243 e. The number of halogens is 1. The number of carbonyl (C=O) groups excluding carboxylic acids is 1. The average Bonchev–Trinajstić information content (AvgIpc) is 2.60. The summed E-state index contributed by atoms with van der Waals surface area (Å²) in [5.41, 5.74) is 1.01. The topological polar surface area (TPSA) is 75.2 Å². The number of methoxy groups -OCH3 is 2. The SMILES string of the molecule is COCCNC(=NCC(=O)N(C)C)NCCc1ccc(OC)cc1Cl. The fraction of sp³-hybridized carbons (Fsp3) is 0.529. The number of aliphatic imine (C=N–C) groups is 1. The van der Waals surface area contributed by atoms with Crippen LogP contribution in [0.25, 0.3) is 0 Å². The molecule has 1 rings (SSSR count). The second-order valence-electron chi connectivity index (χ2n) is 5.51. The number of benzene rings is 1. The fourth-order valence-corrected chi connectivity index (χ4v) is 2.17. The van der Waals surface area contributed by atoms with Crippen molar-refractivity contribution in [1.29, 1.82) is 0 Å². The first kappa shape index (κ1) is 21.1. The van der Waals surface area contributed by atoms with Crippen molar-refractivity contribution >= 4 is 23.5 Å². The number of carbonyl (C=O) groups is 1. The van der Waals surface area contributed by atoms with Crippen molar-refractivity contribution in [2.75, 3.05) is 54.6 Å². The van der Waals surface area contributed by atoms with Crippen LogP contribution in [-0.2, 0) is 16.0 Å². The Kier molecular flexibility index (Phi) is 9.72. The lowest BCUT2D eigenvalue weighted by Gasteiger charge is -2.14. The zero-order valence-corrected chi connectivity index (χ0v) is 16.0. The molecular weight excluding hydrogens is 344 g/mol. The lowest BCUT2D eigenvalue weighted by atomic mass is 10.1. The highest BCUT2D eigenvalue weighted by atomic mass is 35.5. The summed E-state index contributed by atoms with van der Waals surface area (Å²) in [6.45, 7) is 1.86. The van der Waals surface area contributed by atoms with Gasteiger partial charge in [-0.1, -0.05) is 17.7 Å². The van der Waals surface area contributed by atoms with Gasteiger partial charge in [-0.15, -0.1) is 0 Å². The molecule has 8 heteroatoms. The number of ether oxygens (including phenoxy) is 2. The van der Waals surface area contributed by atoms with Gasteiger partial charge in [-0.05, 0) is 24.1 Å². The van der Waals surface area contributed by atoms with E-state index in [-0.39, 0.29) is 12.5 Å². The summed E-state index contributed by atoms with van der Waals surface area (Å²) in [5, 5.41) is 6.99. The number of nitrogens with one attached hydrogen (secondary N) is 2. The normalized spacial score (nSPS) is 11.2. The number of rotatable bonds is 9. The lowest BCUT2D eigenvalue weighted by molar-refractivity contribution is -0.127. The van der Waals surface area contributed by atoms with Crippen LogP contribution in [0.1, 0.15) is 5.56 Å². The summed E-state index contributed by atoms with van der Waals surface area (Å²) in [6.07, 6.45) is 0.718. The number of hydrogen-bond donors (Lipinski definition) is 2. The van der Waals surface area contributed by atoms with Crippen LogP contribution < -0.4 is 15.4 Å². The first-order valence-corrected chi connectivity index (χ1v) is 8.39. The van der Waals surface area contributed by atoms with Crippen LogP contribution in [0.5, 0.6) is 5.75 Å². The maximum atomic E-state index is 11.7. The van der Waals surface area contributed by atoms with Gasteiger partial charge >= 0.3 is 0 Å². The van der Waals surface area contributed by atoms with Crippen molar-refractivity contribution in [3.63, 3.8) is 0 Å². The van der Waals surface area contributed by atoms with Crippen LogP contribution in [0, 0.1) is 0 Å². The first-order valence-electron chi connectivity index (χ1n) is 8.01. The van der Waals surface area contributed by atoms with Crippen molar-refractivity contribution in [3.05, 3.63) is 28.8 Å². The van der Waals surface area contributed by atoms with Crippen molar-refractivity contribution in [3.8, 4) is 5.75 Å². The Bertz CT molecular complexity index is 579. The molecule has 1 aromatic rings. The molecule has 0 bridgehead atoms. The quantitative estimate of drug-likeness (QED) is 0.387. The zero-order valence-electron chi connectivity index (χ0n) is 15.3. The molecule has 0 saturated heterocycles. The Morgan fingerprint density at radius 1 is 1.24 bits per heavy atom. The summed E-state index contributed by atoms with van der Waals surface area (Å²) >= 11 is 6.24. The monoisotopic (exact) mass is 370 g/mol. The molecule has 0 aliphatic heterocycles. The van der Waals surface area contributed by atoms with E-state index >= 15 is 0 Å². The Labute approximate surface area is 154 Å². The summed E-state index contributed by atoms with van der Waals surface area (Å²) in [7, 11) is 6.65. The second kappa shape index (κ2) is 11.5. The Balaban J connectivity index is 2.58. The number of nitrogens with zero attached hydrogens (tertiary/aromatic N) is 2. The van der Waals surface area contributed by atoms with Crippen molar-refractivity contribution in [1.82, 2.24) is 15.5 Å². The third kappa shape index (κ3) is 8.09. The van der Waals surface area contributed by atoms with Gasteiger partial charge in [0.05, 0.1) is 13.7 Å². The van der Waals surface area contributed by atoms with Gasteiger partial charge < -0.3 is 25.0 Å². The van der Waals surface area contributed by atoms with Crippen LogP contribution in [0.15, 0.2) is 23.2 Å². The molecule has 25 heavy (non-hydrogen) atoms. The van der Waals surface area contributed by atoms with Gasteiger partial charge in [0.2, 0.25) is 5.91 Å². The Morgan fingerprint density at radius 3 is 2.56 bits per heavy atom. The first-order chi connectivity index (χ1) is 12.0. The van der Waals surface area contributed by atoms with Gasteiger partial charge in [-0.25, -0.2) is 4.99 Å². The molecule has 2 N–H and O–H groups in total. The van der Waals surface area contributed by atoms with Crippen LogP contribution >= 0.6 is 11.6 Å². The van der Waals surface area contributed by atoms with Gasteiger partial charge in [0.15, 0.2) is 5.96 Å². The van der Waals surface area contributed by atoms with Crippen LogP contribution in [0.3, 0.4) is 0 Å². The molecule has 0 aromatic heterocycles. The molecule has 0 unspecified atom stereocenters. The molecule has 0 aliphatic carbocycles. The van der Waals surface area contributed by atoms with Gasteiger partial charge in [0.25, 0.3) is 0 Å². The lowest BCUT2D eigenvalue weighted by Crippen LogP contribution is -2.40. The zero-order chi connectivity index (χ0) is 18.7. The third-order valence-electron chi connectivity index (χ3n) is 3.42. The molecule has 7 nitrogen and oxygen atoms in total. The van der Waals surface area contributed by atoms with Gasteiger partial charge in [-0.3, -0.25) is 4.79 Å². The van der Waals surface area contributed by atoms with E-state index in [0.717, 1.165) is 17.7 Å². The molecule has 1 aromatic carbocycles. The minimum atomic E-state index is -0.0639. The average molecular weight is 371 g/mol. The maximum absolute atomic E-state index is 11.7. The Hall–Kier alpha value is -1.99. The highest BCUT2D eigenvalue weighted by molar-refractivity contribution is 6.31. The molecule has 140 valence electrons. The fourth-order valence-electron chi connectivity index (χ4n) is 1.91. The van der Waals surface area contributed by atoms with Gasteiger partial charge in [0, 0.05) is 39.3 Å². The standard InChI is InChI=1S/C17H27ClN4O3/c1-22(2)16(23)12-21-17(20-9-10-24-3)19-8-7-13-5-6-14(25-4)11-15(13)18/h5-6,11H,7-10,12H2,1-4H3,(H2,19,20,21). The number of amides is 1. The summed E-state index contributed by atoms with van der Waals surface area (Å²) < 4.78 is 10.2. The summed E-state index contributed by atoms with van der Waals surface area (Å²) in [5.74, 6) is 1.23. The highest BCUT2D eigenvalue weighted by Gasteiger charge is 2.06. The molecule has 1 amide bonds. The third-order valence-corrected chi connectivity index (χ3v) is 3.77. The van der Waals surface area contributed by atoms with Crippen LogP contribution in [-0.4, -0.2) is 71.3 Å². The molecule has 0 fully saturated rings. The molecule has 0 radical (unpaired) electrons. The molecule has 0 atom stereocenters. The minimum absolute atomic E-state index is 0.0639. The van der Waals surface area contributed by atoms with E-state index in [1.807, 2.05) is 12.1 Å². The molecular formula is C17H27ClN4O3. The van der Waals surface area contributed by atoms with E-state index in [1.54, 1.807) is 34.4 Å². The van der Waals surface area contributed by atoms with Gasteiger partial charge in [0.1, 0.15) is 12.3 Å². The largest absolute Gasteiger partial charge is 0.497 e.